The topological polar surface area (TPSA) is 75.7 Å². The van der Waals surface area contributed by atoms with E-state index in [0.717, 1.165) is 11.1 Å². The number of benzene rings is 3. The molecule has 0 fully saturated rings. The van der Waals surface area contributed by atoms with E-state index in [4.69, 9.17) is 4.74 Å². The predicted octanol–water partition coefficient (Wildman–Crippen LogP) is 5.19. The van der Waals surface area contributed by atoms with Gasteiger partial charge in [0.2, 0.25) is 0 Å². The van der Waals surface area contributed by atoms with E-state index in [1.807, 2.05) is 61.5 Å². The van der Waals surface area contributed by atoms with Crippen molar-refractivity contribution in [2.24, 2.45) is 0 Å². The van der Waals surface area contributed by atoms with Crippen LogP contribution in [0.5, 0.6) is 0 Å². The number of carbonyl (C=O) groups excluding carboxylic acids is 1. The molecule has 0 saturated carbocycles. The van der Waals surface area contributed by atoms with Gasteiger partial charge >= 0.3 is 6.09 Å². The average molecular weight is 529 g/mol. The summed E-state index contributed by atoms with van der Waals surface area (Å²) >= 11 is 3.84. The number of halogens is 1. The lowest BCUT2D eigenvalue weighted by Crippen LogP contribution is -2.44. The molecule has 2 atom stereocenters. The number of alkyl carbamates (subject to hydrolysis) is 1. The summed E-state index contributed by atoms with van der Waals surface area (Å²) < 4.78 is 33.1. The first-order valence-corrected chi connectivity index (χ1v) is 12.9. The van der Waals surface area contributed by atoms with Gasteiger partial charge in [0, 0.05) is 6.54 Å². The number of ether oxygens (including phenoxy) is 1. The fraction of sp³-hybridized carbons (Fsp3) is 0.240. The molecule has 6 nitrogen and oxygen atoms in total. The highest BCUT2D eigenvalue weighted by Crippen LogP contribution is 2.53. The van der Waals surface area contributed by atoms with Crippen LogP contribution >= 0.6 is 15.9 Å². The van der Waals surface area contributed by atoms with Crippen LogP contribution in [0.3, 0.4) is 0 Å². The van der Waals surface area contributed by atoms with Gasteiger partial charge in [-0.05, 0) is 42.7 Å². The van der Waals surface area contributed by atoms with E-state index in [9.17, 15) is 13.2 Å². The van der Waals surface area contributed by atoms with Crippen LogP contribution in [0.1, 0.15) is 24.5 Å². The molecule has 0 bridgehead atoms. The molecule has 0 aliphatic carbocycles. The van der Waals surface area contributed by atoms with Gasteiger partial charge < -0.3 is 10.1 Å². The minimum atomic E-state index is -3.76. The van der Waals surface area contributed by atoms with E-state index in [1.54, 1.807) is 30.3 Å². The number of sulfonamides is 1. The summed E-state index contributed by atoms with van der Waals surface area (Å²) in [5.74, 6) is 0. The molecule has 0 spiro atoms. The minimum absolute atomic E-state index is 0.189. The molecule has 1 aliphatic heterocycles. The Labute approximate surface area is 202 Å². The number of para-hydroxylation sites is 1. The zero-order valence-corrected chi connectivity index (χ0v) is 20.6. The second kappa shape index (κ2) is 9.57. The van der Waals surface area contributed by atoms with E-state index >= 15 is 0 Å². The number of anilines is 1. The van der Waals surface area contributed by atoms with Gasteiger partial charge in [0.25, 0.3) is 10.0 Å². The summed E-state index contributed by atoms with van der Waals surface area (Å²) in [5.41, 5.74) is 2.42. The number of carbonyl (C=O) groups is 1. The van der Waals surface area contributed by atoms with E-state index in [0.29, 0.717) is 18.7 Å². The monoisotopic (exact) mass is 528 g/mol. The number of hydrogen-bond donors (Lipinski definition) is 1. The summed E-state index contributed by atoms with van der Waals surface area (Å²) in [7, 11) is -3.76. The van der Waals surface area contributed by atoms with Crippen molar-refractivity contribution in [2.75, 3.05) is 10.8 Å². The smallest absolute Gasteiger partial charge is 0.407 e. The summed E-state index contributed by atoms with van der Waals surface area (Å²) in [6.07, 6.45) is -0.0328. The van der Waals surface area contributed by atoms with Crippen LogP contribution in [0.25, 0.3) is 0 Å². The Morgan fingerprint density at radius 1 is 1.00 bits per heavy atom. The average Bonchev–Trinajstić information content (AvgIpc) is 3.06. The molecule has 1 aliphatic rings. The van der Waals surface area contributed by atoms with Crippen molar-refractivity contribution in [3.05, 3.63) is 96.1 Å². The van der Waals surface area contributed by atoms with E-state index < -0.39 is 26.5 Å². The third kappa shape index (κ3) is 4.63. The predicted molar refractivity (Wildman–Crippen MR) is 132 cm³/mol. The first kappa shape index (κ1) is 23.3. The van der Waals surface area contributed by atoms with Crippen molar-refractivity contribution >= 4 is 37.7 Å². The molecule has 0 unspecified atom stereocenters. The maximum atomic E-state index is 13.5. The number of alkyl halides is 1. The highest BCUT2D eigenvalue weighted by Gasteiger charge is 2.51. The maximum absolute atomic E-state index is 13.5. The maximum Gasteiger partial charge on any atom is 0.407 e. The van der Waals surface area contributed by atoms with Crippen LogP contribution < -0.4 is 9.62 Å². The first-order valence-electron chi connectivity index (χ1n) is 10.7. The highest BCUT2D eigenvalue weighted by atomic mass is 79.9. The molecule has 0 saturated heterocycles. The summed E-state index contributed by atoms with van der Waals surface area (Å²) in [6.45, 7) is 2.38. The fourth-order valence-electron chi connectivity index (χ4n) is 4.14. The van der Waals surface area contributed by atoms with Crippen LogP contribution in [0.2, 0.25) is 0 Å². The zero-order valence-electron chi connectivity index (χ0n) is 18.1. The molecule has 3 aromatic rings. The van der Waals surface area contributed by atoms with Gasteiger partial charge in [-0.2, -0.15) is 0 Å². The quantitative estimate of drug-likeness (QED) is 0.428. The summed E-state index contributed by atoms with van der Waals surface area (Å²) in [6, 6.07) is 24.9. The minimum Gasteiger partial charge on any atom is -0.445 e. The van der Waals surface area contributed by atoms with Crippen LogP contribution in [0, 0.1) is 0 Å². The molecule has 0 aromatic heterocycles. The van der Waals surface area contributed by atoms with Crippen LogP contribution in [-0.2, 0) is 25.7 Å². The van der Waals surface area contributed by atoms with Crippen LogP contribution in [0.4, 0.5) is 10.5 Å². The van der Waals surface area contributed by atoms with Gasteiger partial charge in [-0.25, -0.2) is 13.2 Å². The normalized spacial score (nSPS) is 19.7. The lowest BCUT2D eigenvalue weighted by Gasteiger charge is -2.32. The standard InChI is InChI=1S/C25H25BrN2O4S/c1-19-25(26,16-17-27-24(29)32-18-20-10-4-2-5-11-20)22-14-8-9-15-23(22)28(19)33(30,31)21-12-6-3-7-13-21/h2-15,19H,16-18H2,1H3,(H,27,29)/t19-,25-/m1/s1. The molecule has 33 heavy (non-hydrogen) atoms. The van der Waals surface area contributed by atoms with Crippen LogP contribution in [-0.4, -0.2) is 27.1 Å². The Morgan fingerprint density at radius 2 is 1.61 bits per heavy atom. The van der Waals surface area contributed by atoms with Crippen molar-refractivity contribution in [3.63, 3.8) is 0 Å². The highest BCUT2D eigenvalue weighted by molar-refractivity contribution is 9.09. The number of nitrogens with zero attached hydrogens (tertiary/aromatic N) is 1. The largest absolute Gasteiger partial charge is 0.445 e. The molecule has 3 aromatic carbocycles. The van der Waals surface area contributed by atoms with Crippen molar-refractivity contribution < 1.29 is 17.9 Å². The van der Waals surface area contributed by atoms with Crippen molar-refractivity contribution in [2.45, 2.75) is 35.2 Å². The lowest BCUT2D eigenvalue weighted by molar-refractivity contribution is 0.139. The van der Waals surface area contributed by atoms with Gasteiger partial charge in [-0.15, -0.1) is 0 Å². The number of fused-ring (bicyclic) bond motifs is 1. The van der Waals surface area contributed by atoms with Gasteiger partial charge in [0.1, 0.15) is 6.61 Å². The van der Waals surface area contributed by atoms with Gasteiger partial charge in [-0.1, -0.05) is 82.7 Å². The molecule has 1 heterocycles. The van der Waals surface area contributed by atoms with Gasteiger partial charge in [0.15, 0.2) is 0 Å². The Balaban J connectivity index is 1.48. The Morgan fingerprint density at radius 3 is 2.30 bits per heavy atom. The van der Waals surface area contributed by atoms with Crippen LogP contribution in [0.15, 0.2) is 89.8 Å². The second-order valence-electron chi connectivity index (χ2n) is 7.91. The van der Waals surface area contributed by atoms with Gasteiger partial charge in [0.05, 0.1) is 20.9 Å². The Bertz CT molecular complexity index is 1220. The van der Waals surface area contributed by atoms with E-state index in [1.165, 1.54) is 4.31 Å². The zero-order chi connectivity index (χ0) is 23.5. The van der Waals surface area contributed by atoms with Crippen molar-refractivity contribution in [3.8, 4) is 0 Å². The lowest BCUT2D eigenvalue weighted by atomic mass is 9.92. The van der Waals surface area contributed by atoms with Gasteiger partial charge in [-0.3, -0.25) is 4.31 Å². The molecule has 172 valence electrons. The Kier molecular flexibility index (Phi) is 6.76. The third-order valence-corrected chi connectivity index (χ3v) is 9.26. The summed E-state index contributed by atoms with van der Waals surface area (Å²) in [4.78, 5) is 12.4. The van der Waals surface area contributed by atoms with E-state index in [2.05, 4.69) is 21.2 Å². The molecule has 1 N–H and O–H groups in total. The number of amides is 1. The molecular formula is C25H25BrN2O4S. The number of nitrogens with one attached hydrogen (secondary N) is 1. The molecule has 0 radical (unpaired) electrons. The second-order valence-corrected chi connectivity index (χ2v) is 11.1. The third-order valence-electron chi connectivity index (χ3n) is 5.87. The molecule has 8 heteroatoms. The first-order chi connectivity index (χ1) is 15.8. The molecule has 1 amide bonds. The number of rotatable bonds is 7. The molecular weight excluding hydrogens is 504 g/mol. The summed E-state index contributed by atoms with van der Waals surface area (Å²) in [5, 5.41) is 2.78. The fourth-order valence-corrected chi connectivity index (χ4v) is 6.76. The Hall–Kier alpha value is -2.84. The molecule has 4 rings (SSSR count). The van der Waals surface area contributed by atoms with Crippen molar-refractivity contribution in [1.82, 2.24) is 5.32 Å². The van der Waals surface area contributed by atoms with Crippen molar-refractivity contribution in [1.29, 1.82) is 0 Å². The number of hydrogen-bond acceptors (Lipinski definition) is 4. The van der Waals surface area contributed by atoms with E-state index in [-0.39, 0.29) is 11.5 Å². The SMILES string of the molecule is C[C@H]1N(S(=O)(=O)c2ccccc2)c2ccccc2[C@@]1(Br)CCNC(=O)OCc1ccccc1.